The molecule has 0 spiro atoms. The Morgan fingerprint density at radius 1 is 1.44 bits per heavy atom. The molecular formula is C14H18N2OS. The minimum absolute atomic E-state index is 0.744. The normalized spacial score (nSPS) is 15.2. The van der Waals surface area contributed by atoms with Crippen molar-refractivity contribution < 1.29 is 4.74 Å². The fourth-order valence-electron chi connectivity index (χ4n) is 2.23. The molecule has 1 aromatic carbocycles. The first-order valence-corrected chi connectivity index (χ1v) is 7.04. The van der Waals surface area contributed by atoms with Crippen molar-refractivity contribution in [2.45, 2.75) is 32.7 Å². The number of hydrogen-bond acceptors (Lipinski definition) is 2. The Balaban J connectivity index is 2.03. The maximum atomic E-state index is 5.77. The highest BCUT2D eigenvalue weighted by atomic mass is 32.1. The van der Waals surface area contributed by atoms with Gasteiger partial charge < -0.3 is 14.3 Å². The minimum Gasteiger partial charge on any atom is -0.491 e. The highest BCUT2D eigenvalue weighted by Crippen LogP contribution is 2.33. The summed E-state index contributed by atoms with van der Waals surface area (Å²) >= 11 is 5.42. The summed E-state index contributed by atoms with van der Waals surface area (Å²) < 4.78 is 8.79. The zero-order valence-electron chi connectivity index (χ0n) is 10.6. The van der Waals surface area contributed by atoms with Gasteiger partial charge >= 0.3 is 0 Å². The second-order valence-corrected chi connectivity index (χ2v) is 5.37. The lowest BCUT2D eigenvalue weighted by molar-refractivity contribution is 0.320. The molecule has 1 aromatic heterocycles. The third kappa shape index (κ3) is 2.17. The highest BCUT2D eigenvalue weighted by molar-refractivity contribution is 7.71. The SMILES string of the molecule is CCCOc1cccc2c1[nH]c(=S)n2CC1CC1. The first-order chi connectivity index (χ1) is 8.79. The van der Waals surface area contributed by atoms with Gasteiger partial charge in [0.2, 0.25) is 0 Å². The van der Waals surface area contributed by atoms with E-state index < -0.39 is 0 Å². The van der Waals surface area contributed by atoms with Crippen LogP contribution >= 0.6 is 12.2 Å². The van der Waals surface area contributed by atoms with Crippen molar-refractivity contribution in [1.82, 2.24) is 9.55 Å². The number of ether oxygens (including phenoxy) is 1. The minimum atomic E-state index is 0.744. The predicted octanol–water partition coefficient (Wildman–Crippen LogP) is 3.90. The van der Waals surface area contributed by atoms with E-state index in [0.717, 1.165) is 41.5 Å². The average Bonchev–Trinajstić information content (AvgIpc) is 3.13. The van der Waals surface area contributed by atoms with Crippen molar-refractivity contribution in [3.05, 3.63) is 23.0 Å². The van der Waals surface area contributed by atoms with Crippen LogP contribution in [0, 0.1) is 10.7 Å². The van der Waals surface area contributed by atoms with Crippen molar-refractivity contribution in [1.29, 1.82) is 0 Å². The van der Waals surface area contributed by atoms with Gasteiger partial charge in [-0.2, -0.15) is 0 Å². The Morgan fingerprint density at radius 2 is 2.28 bits per heavy atom. The van der Waals surface area contributed by atoms with Crippen LogP contribution in [0.15, 0.2) is 18.2 Å². The molecule has 2 aromatic rings. The molecule has 0 unspecified atom stereocenters. The summed E-state index contributed by atoms with van der Waals surface area (Å²) in [6.45, 7) is 3.89. The third-order valence-corrected chi connectivity index (χ3v) is 3.69. The van der Waals surface area contributed by atoms with Crippen molar-refractivity contribution >= 4 is 23.3 Å². The summed E-state index contributed by atoms with van der Waals surface area (Å²) in [5.74, 6) is 1.73. The van der Waals surface area contributed by atoms with E-state index in [-0.39, 0.29) is 0 Å². The van der Waals surface area contributed by atoms with Crippen molar-refractivity contribution in [2.24, 2.45) is 5.92 Å². The van der Waals surface area contributed by atoms with Crippen LogP contribution in [0.1, 0.15) is 26.2 Å². The van der Waals surface area contributed by atoms with E-state index in [1.54, 1.807) is 0 Å². The summed E-state index contributed by atoms with van der Waals surface area (Å²) in [5.41, 5.74) is 2.21. The summed E-state index contributed by atoms with van der Waals surface area (Å²) in [7, 11) is 0. The van der Waals surface area contributed by atoms with Crippen molar-refractivity contribution in [2.75, 3.05) is 6.61 Å². The smallest absolute Gasteiger partial charge is 0.178 e. The lowest BCUT2D eigenvalue weighted by atomic mass is 10.3. The molecule has 1 N–H and O–H groups in total. The van der Waals surface area contributed by atoms with E-state index in [1.165, 1.54) is 18.4 Å². The topological polar surface area (TPSA) is 29.9 Å². The van der Waals surface area contributed by atoms with Gasteiger partial charge in [-0.05, 0) is 49.5 Å². The van der Waals surface area contributed by atoms with Crippen molar-refractivity contribution in [3.8, 4) is 5.75 Å². The molecule has 1 aliphatic rings. The van der Waals surface area contributed by atoms with Crippen LogP contribution in [0.2, 0.25) is 0 Å². The number of imidazole rings is 1. The van der Waals surface area contributed by atoms with E-state index in [4.69, 9.17) is 17.0 Å². The number of benzene rings is 1. The van der Waals surface area contributed by atoms with Gasteiger partial charge in [-0.25, -0.2) is 0 Å². The van der Waals surface area contributed by atoms with Gasteiger partial charge in [0.25, 0.3) is 0 Å². The van der Waals surface area contributed by atoms with Gasteiger partial charge in [0, 0.05) is 6.54 Å². The Bertz CT molecular complexity index is 610. The Morgan fingerprint density at radius 3 is 3.00 bits per heavy atom. The Kier molecular flexibility index (Phi) is 3.12. The maximum Gasteiger partial charge on any atom is 0.178 e. The van der Waals surface area contributed by atoms with Crippen LogP contribution in [-0.2, 0) is 6.54 Å². The van der Waals surface area contributed by atoms with E-state index in [9.17, 15) is 0 Å². The van der Waals surface area contributed by atoms with E-state index in [2.05, 4.69) is 22.5 Å². The summed E-state index contributed by atoms with van der Waals surface area (Å²) in [5, 5.41) is 0. The number of nitrogens with zero attached hydrogens (tertiary/aromatic N) is 1. The number of fused-ring (bicyclic) bond motifs is 1. The molecule has 3 nitrogen and oxygen atoms in total. The van der Waals surface area contributed by atoms with Crippen LogP contribution in [0.5, 0.6) is 5.75 Å². The van der Waals surface area contributed by atoms with Gasteiger partial charge in [0.1, 0.15) is 11.3 Å². The van der Waals surface area contributed by atoms with Crippen molar-refractivity contribution in [3.63, 3.8) is 0 Å². The molecule has 0 aliphatic heterocycles. The molecule has 0 amide bonds. The summed E-state index contributed by atoms with van der Waals surface area (Å²) in [6.07, 6.45) is 3.68. The molecule has 0 radical (unpaired) electrons. The number of aromatic amines is 1. The molecule has 96 valence electrons. The number of para-hydroxylation sites is 1. The lowest BCUT2D eigenvalue weighted by Gasteiger charge is -2.06. The second kappa shape index (κ2) is 4.76. The first kappa shape index (κ1) is 11.8. The molecule has 18 heavy (non-hydrogen) atoms. The monoisotopic (exact) mass is 262 g/mol. The average molecular weight is 262 g/mol. The molecule has 1 heterocycles. The molecular weight excluding hydrogens is 244 g/mol. The maximum absolute atomic E-state index is 5.77. The van der Waals surface area contributed by atoms with Gasteiger partial charge in [-0.3, -0.25) is 0 Å². The number of rotatable bonds is 5. The number of H-pyrrole nitrogens is 1. The van der Waals surface area contributed by atoms with Crippen LogP contribution < -0.4 is 4.74 Å². The van der Waals surface area contributed by atoms with Crippen LogP contribution in [0.4, 0.5) is 0 Å². The van der Waals surface area contributed by atoms with Gasteiger partial charge in [-0.1, -0.05) is 13.0 Å². The molecule has 4 heteroatoms. The van der Waals surface area contributed by atoms with Gasteiger partial charge in [0.05, 0.1) is 12.1 Å². The third-order valence-electron chi connectivity index (χ3n) is 3.37. The van der Waals surface area contributed by atoms with E-state index >= 15 is 0 Å². The number of aromatic nitrogens is 2. The quantitative estimate of drug-likeness (QED) is 0.828. The first-order valence-electron chi connectivity index (χ1n) is 6.64. The molecule has 1 aliphatic carbocycles. The van der Waals surface area contributed by atoms with E-state index in [0.29, 0.717) is 0 Å². The number of hydrogen-bond donors (Lipinski definition) is 1. The summed E-state index contributed by atoms with van der Waals surface area (Å²) in [4.78, 5) is 3.29. The van der Waals surface area contributed by atoms with Gasteiger partial charge in [0.15, 0.2) is 4.77 Å². The van der Waals surface area contributed by atoms with Crippen LogP contribution in [-0.4, -0.2) is 16.2 Å². The van der Waals surface area contributed by atoms with E-state index in [1.807, 2.05) is 12.1 Å². The molecule has 0 atom stereocenters. The summed E-state index contributed by atoms with van der Waals surface area (Å²) in [6, 6.07) is 6.16. The molecule has 0 saturated heterocycles. The largest absolute Gasteiger partial charge is 0.491 e. The standard InChI is InChI=1S/C14H18N2OS/c1-2-8-17-12-5-3-4-11-13(12)15-14(18)16(11)9-10-6-7-10/h3-5,10H,2,6-9H2,1H3,(H,15,18). The Labute approximate surface area is 112 Å². The molecule has 0 bridgehead atoms. The predicted molar refractivity (Wildman–Crippen MR) is 75.6 cm³/mol. The fourth-order valence-corrected chi connectivity index (χ4v) is 2.50. The zero-order valence-corrected chi connectivity index (χ0v) is 11.4. The highest BCUT2D eigenvalue weighted by Gasteiger charge is 2.23. The Hall–Kier alpha value is -1.29. The number of nitrogens with one attached hydrogen (secondary N) is 1. The molecule has 1 fully saturated rings. The molecule has 1 saturated carbocycles. The second-order valence-electron chi connectivity index (χ2n) is 4.98. The van der Waals surface area contributed by atoms with Gasteiger partial charge in [-0.15, -0.1) is 0 Å². The zero-order chi connectivity index (χ0) is 12.5. The lowest BCUT2D eigenvalue weighted by Crippen LogP contribution is -1.99. The fraction of sp³-hybridized carbons (Fsp3) is 0.500. The molecule has 3 rings (SSSR count). The van der Waals surface area contributed by atoms with Crippen LogP contribution in [0.25, 0.3) is 11.0 Å². The van der Waals surface area contributed by atoms with Crippen LogP contribution in [0.3, 0.4) is 0 Å².